The summed E-state index contributed by atoms with van der Waals surface area (Å²) in [7, 11) is 0. The number of hydrogen-bond acceptors (Lipinski definition) is 4. The van der Waals surface area contributed by atoms with E-state index in [9.17, 15) is 4.79 Å². The molecule has 2 rings (SSSR count). The Bertz CT molecular complexity index is 533. The zero-order valence-corrected chi connectivity index (χ0v) is 11.3. The number of nitrogens with zero attached hydrogens (tertiary/aromatic N) is 4. The predicted octanol–water partition coefficient (Wildman–Crippen LogP) is 1.68. The first-order chi connectivity index (χ1) is 9.15. The number of carbonyl (C=O) groups is 1. The van der Waals surface area contributed by atoms with E-state index in [0.29, 0.717) is 18.8 Å². The Morgan fingerprint density at radius 1 is 1.26 bits per heavy atom. The van der Waals surface area contributed by atoms with Crippen LogP contribution in [0.5, 0.6) is 0 Å². The maximum absolute atomic E-state index is 12.0. The van der Waals surface area contributed by atoms with Gasteiger partial charge in [0.2, 0.25) is 0 Å². The standard InChI is InChI=1S/C14H18N4O/c1-11(2)9-18-14(16-10-17-18)8-13(19)7-12-5-3-4-6-15-12/h3-6,10-11H,7-9H2,1-2H3. The smallest absolute Gasteiger partial charge is 0.146 e. The average Bonchev–Trinajstić information content (AvgIpc) is 2.77. The molecule has 0 bridgehead atoms. The van der Waals surface area contributed by atoms with Crippen LogP contribution in [0.25, 0.3) is 0 Å². The Labute approximate surface area is 112 Å². The zero-order chi connectivity index (χ0) is 13.7. The molecule has 0 N–H and O–H groups in total. The Balaban J connectivity index is 1.97. The number of hydrogen-bond donors (Lipinski definition) is 0. The summed E-state index contributed by atoms with van der Waals surface area (Å²) in [6.45, 7) is 5.01. The fourth-order valence-electron chi connectivity index (χ4n) is 1.87. The zero-order valence-electron chi connectivity index (χ0n) is 11.3. The molecule has 5 heteroatoms. The van der Waals surface area contributed by atoms with Crippen molar-refractivity contribution in [1.82, 2.24) is 19.7 Å². The molecule has 0 fully saturated rings. The normalized spacial score (nSPS) is 10.9. The monoisotopic (exact) mass is 258 g/mol. The van der Waals surface area contributed by atoms with Crippen molar-refractivity contribution in [2.45, 2.75) is 33.2 Å². The van der Waals surface area contributed by atoms with Crippen molar-refractivity contribution in [3.05, 3.63) is 42.2 Å². The topological polar surface area (TPSA) is 60.7 Å². The van der Waals surface area contributed by atoms with Gasteiger partial charge in [0, 0.05) is 24.9 Å². The van der Waals surface area contributed by atoms with Crippen LogP contribution in [0.15, 0.2) is 30.7 Å². The van der Waals surface area contributed by atoms with Gasteiger partial charge in [-0.25, -0.2) is 9.67 Å². The summed E-state index contributed by atoms with van der Waals surface area (Å²) in [5, 5.41) is 4.15. The summed E-state index contributed by atoms with van der Waals surface area (Å²) in [6.07, 6.45) is 3.86. The van der Waals surface area contributed by atoms with E-state index in [0.717, 1.165) is 18.1 Å². The SMILES string of the molecule is CC(C)Cn1ncnc1CC(=O)Cc1ccccn1. The Morgan fingerprint density at radius 3 is 2.79 bits per heavy atom. The summed E-state index contributed by atoms with van der Waals surface area (Å²) in [5.74, 6) is 1.32. The van der Waals surface area contributed by atoms with E-state index in [4.69, 9.17) is 0 Å². The fourth-order valence-corrected chi connectivity index (χ4v) is 1.87. The number of aromatic nitrogens is 4. The molecule has 5 nitrogen and oxygen atoms in total. The van der Waals surface area contributed by atoms with Crippen molar-refractivity contribution < 1.29 is 4.79 Å². The molecule has 0 aliphatic heterocycles. The second-order valence-corrected chi connectivity index (χ2v) is 4.97. The van der Waals surface area contributed by atoms with Gasteiger partial charge < -0.3 is 0 Å². The summed E-state index contributed by atoms with van der Waals surface area (Å²) < 4.78 is 1.81. The van der Waals surface area contributed by atoms with E-state index >= 15 is 0 Å². The van der Waals surface area contributed by atoms with Gasteiger partial charge in [-0.05, 0) is 18.1 Å². The molecule has 2 aromatic heterocycles. The second kappa shape index (κ2) is 6.22. The molecule has 0 saturated carbocycles. The van der Waals surface area contributed by atoms with Crippen molar-refractivity contribution in [1.29, 1.82) is 0 Å². The third kappa shape index (κ3) is 3.98. The van der Waals surface area contributed by atoms with Crippen LogP contribution in [-0.4, -0.2) is 25.5 Å². The van der Waals surface area contributed by atoms with Gasteiger partial charge in [-0.15, -0.1) is 0 Å². The molecule has 0 unspecified atom stereocenters. The molecule has 2 aromatic rings. The van der Waals surface area contributed by atoms with E-state index in [1.54, 1.807) is 10.9 Å². The summed E-state index contributed by atoms with van der Waals surface area (Å²) >= 11 is 0. The minimum atomic E-state index is 0.108. The van der Waals surface area contributed by atoms with E-state index in [1.165, 1.54) is 6.33 Å². The van der Waals surface area contributed by atoms with Gasteiger partial charge in [0.25, 0.3) is 0 Å². The van der Waals surface area contributed by atoms with E-state index in [2.05, 4.69) is 28.9 Å². The van der Waals surface area contributed by atoms with Crippen LogP contribution in [0.4, 0.5) is 0 Å². The molecule has 0 aliphatic rings. The van der Waals surface area contributed by atoms with Crippen LogP contribution in [0.3, 0.4) is 0 Å². The first-order valence-corrected chi connectivity index (χ1v) is 6.43. The molecule has 0 aromatic carbocycles. The molecule has 0 atom stereocenters. The molecular weight excluding hydrogens is 240 g/mol. The van der Waals surface area contributed by atoms with E-state index in [1.807, 2.05) is 18.2 Å². The molecule has 0 saturated heterocycles. The van der Waals surface area contributed by atoms with Gasteiger partial charge in [-0.3, -0.25) is 9.78 Å². The number of Topliss-reactive ketones (excluding diaryl/α,β-unsaturated/α-hetero) is 1. The molecule has 0 aliphatic carbocycles. The lowest BCUT2D eigenvalue weighted by molar-refractivity contribution is -0.118. The second-order valence-electron chi connectivity index (χ2n) is 4.97. The summed E-state index contributed by atoms with van der Waals surface area (Å²) in [4.78, 5) is 20.3. The highest BCUT2D eigenvalue weighted by Gasteiger charge is 2.12. The van der Waals surface area contributed by atoms with Gasteiger partial charge in [0.15, 0.2) is 0 Å². The number of pyridine rings is 1. The Hall–Kier alpha value is -2.04. The van der Waals surface area contributed by atoms with Crippen molar-refractivity contribution in [3.63, 3.8) is 0 Å². The maximum Gasteiger partial charge on any atom is 0.146 e. The van der Waals surface area contributed by atoms with Crippen LogP contribution in [-0.2, 0) is 24.2 Å². The molecule has 0 spiro atoms. The quantitative estimate of drug-likeness (QED) is 0.791. The minimum absolute atomic E-state index is 0.108. The third-order valence-electron chi connectivity index (χ3n) is 2.69. The molecule has 0 radical (unpaired) electrons. The van der Waals surface area contributed by atoms with Crippen LogP contribution in [0, 0.1) is 5.92 Å². The van der Waals surface area contributed by atoms with Gasteiger partial charge >= 0.3 is 0 Å². The van der Waals surface area contributed by atoms with Gasteiger partial charge in [-0.2, -0.15) is 5.10 Å². The first-order valence-electron chi connectivity index (χ1n) is 6.43. The number of ketones is 1. The lowest BCUT2D eigenvalue weighted by Gasteiger charge is -2.07. The minimum Gasteiger partial charge on any atom is -0.299 e. The summed E-state index contributed by atoms with van der Waals surface area (Å²) in [5.41, 5.74) is 0.794. The van der Waals surface area contributed by atoms with Gasteiger partial charge in [0.05, 0.1) is 6.42 Å². The highest BCUT2D eigenvalue weighted by Crippen LogP contribution is 2.04. The molecule has 0 amide bonds. The van der Waals surface area contributed by atoms with Crippen LogP contribution in [0.2, 0.25) is 0 Å². The van der Waals surface area contributed by atoms with Crippen LogP contribution in [0.1, 0.15) is 25.4 Å². The van der Waals surface area contributed by atoms with Crippen molar-refractivity contribution >= 4 is 5.78 Å². The maximum atomic E-state index is 12.0. The fraction of sp³-hybridized carbons (Fsp3) is 0.429. The highest BCUT2D eigenvalue weighted by molar-refractivity contribution is 5.82. The van der Waals surface area contributed by atoms with Crippen LogP contribution >= 0.6 is 0 Å². The van der Waals surface area contributed by atoms with Gasteiger partial charge in [0.1, 0.15) is 17.9 Å². The van der Waals surface area contributed by atoms with Crippen LogP contribution < -0.4 is 0 Å². The predicted molar refractivity (Wildman–Crippen MR) is 71.5 cm³/mol. The lowest BCUT2D eigenvalue weighted by Crippen LogP contribution is -2.15. The van der Waals surface area contributed by atoms with E-state index in [-0.39, 0.29) is 5.78 Å². The molecule has 2 heterocycles. The molecular formula is C14H18N4O. The third-order valence-corrected chi connectivity index (χ3v) is 2.69. The number of carbonyl (C=O) groups excluding carboxylic acids is 1. The van der Waals surface area contributed by atoms with Crippen molar-refractivity contribution in [2.24, 2.45) is 5.92 Å². The lowest BCUT2D eigenvalue weighted by atomic mass is 10.1. The van der Waals surface area contributed by atoms with Crippen molar-refractivity contribution in [3.8, 4) is 0 Å². The number of rotatable bonds is 6. The molecule has 100 valence electrons. The molecule has 19 heavy (non-hydrogen) atoms. The Kier molecular flexibility index (Phi) is 4.39. The largest absolute Gasteiger partial charge is 0.299 e. The highest BCUT2D eigenvalue weighted by atomic mass is 16.1. The van der Waals surface area contributed by atoms with Crippen molar-refractivity contribution in [2.75, 3.05) is 0 Å². The first kappa shape index (κ1) is 13.4. The summed E-state index contributed by atoms with van der Waals surface area (Å²) in [6, 6.07) is 5.58. The van der Waals surface area contributed by atoms with Gasteiger partial charge in [-0.1, -0.05) is 19.9 Å². The Morgan fingerprint density at radius 2 is 2.11 bits per heavy atom. The average molecular weight is 258 g/mol. The van der Waals surface area contributed by atoms with E-state index < -0.39 is 0 Å².